The summed E-state index contributed by atoms with van der Waals surface area (Å²) >= 11 is 1.75. The van der Waals surface area contributed by atoms with Crippen molar-refractivity contribution in [3.63, 3.8) is 0 Å². The van der Waals surface area contributed by atoms with Gasteiger partial charge in [-0.1, -0.05) is 62.4 Å². The highest BCUT2D eigenvalue weighted by atomic mass is 32.1. The van der Waals surface area contributed by atoms with Crippen LogP contribution in [0.4, 0.5) is 0 Å². The number of aromatic nitrogens is 1. The molecule has 0 aliphatic carbocycles. The lowest BCUT2D eigenvalue weighted by Crippen LogP contribution is -1.87. The van der Waals surface area contributed by atoms with Gasteiger partial charge in [0.2, 0.25) is 0 Å². The lowest BCUT2D eigenvalue weighted by molar-refractivity contribution is 0.867. The first-order valence-corrected chi connectivity index (χ1v) is 7.67. The molecule has 1 nitrogen and oxygen atoms in total. The average Bonchev–Trinajstić information content (AvgIpc) is 2.98. The highest BCUT2D eigenvalue weighted by molar-refractivity contribution is 7.18. The van der Waals surface area contributed by atoms with E-state index in [0.29, 0.717) is 5.92 Å². The Morgan fingerprint density at radius 1 is 0.900 bits per heavy atom. The van der Waals surface area contributed by atoms with Gasteiger partial charge in [-0.15, -0.1) is 11.3 Å². The van der Waals surface area contributed by atoms with Gasteiger partial charge in [0.05, 0.1) is 4.88 Å². The maximum atomic E-state index is 4.58. The second-order valence-electron chi connectivity index (χ2n) is 5.18. The van der Waals surface area contributed by atoms with E-state index in [1.165, 1.54) is 21.6 Å². The fourth-order valence-corrected chi connectivity index (χ4v) is 3.09. The molecule has 0 spiro atoms. The van der Waals surface area contributed by atoms with Crippen molar-refractivity contribution >= 4 is 11.3 Å². The SMILES string of the molecule is CC(C)c1cccc(-c2ncc(-c3ccccc3)s2)c1. The Labute approximate surface area is 124 Å². The number of benzene rings is 2. The summed E-state index contributed by atoms with van der Waals surface area (Å²) in [4.78, 5) is 5.80. The smallest absolute Gasteiger partial charge is 0.123 e. The van der Waals surface area contributed by atoms with Crippen molar-refractivity contribution in [3.05, 3.63) is 66.4 Å². The van der Waals surface area contributed by atoms with Gasteiger partial charge in [0, 0.05) is 11.8 Å². The van der Waals surface area contributed by atoms with Crippen molar-refractivity contribution in [2.75, 3.05) is 0 Å². The standard InChI is InChI=1S/C18H17NS/c1-13(2)15-9-6-10-16(11-15)18-19-12-17(20-18)14-7-4-3-5-8-14/h3-13H,1-2H3. The van der Waals surface area contributed by atoms with Crippen LogP contribution in [0.3, 0.4) is 0 Å². The van der Waals surface area contributed by atoms with Gasteiger partial charge in [-0.2, -0.15) is 0 Å². The van der Waals surface area contributed by atoms with E-state index >= 15 is 0 Å². The summed E-state index contributed by atoms with van der Waals surface area (Å²) in [5, 5.41) is 1.09. The Kier molecular flexibility index (Phi) is 3.66. The van der Waals surface area contributed by atoms with Crippen LogP contribution in [0.5, 0.6) is 0 Å². The molecule has 20 heavy (non-hydrogen) atoms. The van der Waals surface area contributed by atoms with E-state index in [2.05, 4.69) is 67.4 Å². The number of hydrogen-bond acceptors (Lipinski definition) is 2. The van der Waals surface area contributed by atoms with Crippen molar-refractivity contribution in [1.29, 1.82) is 0 Å². The summed E-state index contributed by atoms with van der Waals surface area (Å²) in [6, 6.07) is 19.1. The minimum Gasteiger partial charge on any atom is -0.244 e. The molecule has 0 atom stereocenters. The van der Waals surface area contributed by atoms with Crippen LogP contribution in [0.2, 0.25) is 0 Å². The molecule has 0 aliphatic rings. The second-order valence-corrected chi connectivity index (χ2v) is 6.21. The third kappa shape index (κ3) is 2.66. The summed E-state index contributed by atoms with van der Waals surface area (Å²) in [6.45, 7) is 4.44. The molecule has 0 saturated heterocycles. The highest BCUT2D eigenvalue weighted by Crippen LogP contribution is 2.32. The summed E-state index contributed by atoms with van der Waals surface area (Å²) in [5.74, 6) is 0.545. The lowest BCUT2D eigenvalue weighted by Gasteiger charge is -2.06. The van der Waals surface area contributed by atoms with E-state index in [9.17, 15) is 0 Å². The minimum absolute atomic E-state index is 0.545. The zero-order valence-electron chi connectivity index (χ0n) is 11.7. The van der Waals surface area contributed by atoms with Crippen LogP contribution in [-0.2, 0) is 0 Å². The molecule has 0 radical (unpaired) electrons. The molecule has 1 heterocycles. The zero-order chi connectivity index (χ0) is 13.9. The summed E-state index contributed by atoms with van der Waals surface area (Å²) in [7, 11) is 0. The number of rotatable bonds is 3. The molecule has 0 fully saturated rings. The van der Waals surface area contributed by atoms with Crippen LogP contribution in [-0.4, -0.2) is 4.98 Å². The van der Waals surface area contributed by atoms with Crippen LogP contribution in [0.25, 0.3) is 21.0 Å². The average molecular weight is 279 g/mol. The van der Waals surface area contributed by atoms with Crippen molar-refractivity contribution in [2.45, 2.75) is 19.8 Å². The monoisotopic (exact) mass is 279 g/mol. The molecule has 0 aliphatic heterocycles. The fraction of sp³-hybridized carbons (Fsp3) is 0.167. The maximum absolute atomic E-state index is 4.58. The van der Waals surface area contributed by atoms with E-state index in [0.717, 1.165) is 5.01 Å². The van der Waals surface area contributed by atoms with Crippen molar-refractivity contribution in [3.8, 4) is 21.0 Å². The van der Waals surface area contributed by atoms with Crippen LogP contribution in [0.1, 0.15) is 25.3 Å². The van der Waals surface area contributed by atoms with Crippen molar-refractivity contribution < 1.29 is 0 Å². The molecular weight excluding hydrogens is 262 g/mol. The van der Waals surface area contributed by atoms with Crippen LogP contribution < -0.4 is 0 Å². The van der Waals surface area contributed by atoms with Gasteiger partial charge in [0.25, 0.3) is 0 Å². The molecule has 1 aromatic heterocycles. The van der Waals surface area contributed by atoms with E-state index < -0.39 is 0 Å². The first-order valence-electron chi connectivity index (χ1n) is 6.85. The molecule has 2 aromatic carbocycles. The summed E-state index contributed by atoms with van der Waals surface area (Å²) in [5.41, 5.74) is 3.80. The normalized spacial score (nSPS) is 10.9. The van der Waals surface area contributed by atoms with Crippen LogP contribution in [0, 0.1) is 0 Å². The first kappa shape index (κ1) is 13.1. The van der Waals surface area contributed by atoms with E-state index in [1.54, 1.807) is 11.3 Å². The van der Waals surface area contributed by atoms with Gasteiger partial charge >= 0.3 is 0 Å². The number of thiazole rings is 1. The highest BCUT2D eigenvalue weighted by Gasteiger charge is 2.08. The minimum atomic E-state index is 0.545. The molecule has 0 amide bonds. The Morgan fingerprint density at radius 3 is 2.40 bits per heavy atom. The molecule has 3 rings (SSSR count). The molecule has 0 N–H and O–H groups in total. The largest absolute Gasteiger partial charge is 0.244 e. The predicted octanol–water partition coefficient (Wildman–Crippen LogP) is 5.60. The molecule has 0 unspecified atom stereocenters. The summed E-state index contributed by atoms with van der Waals surface area (Å²) in [6.07, 6.45) is 1.97. The van der Waals surface area contributed by atoms with Gasteiger partial charge < -0.3 is 0 Å². The molecule has 2 heteroatoms. The molecule has 3 aromatic rings. The number of nitrogens with zero attached hydrogens (tertiary/aromatic N) is 1. The quantitative estimate of drug-likeness (QED) is 0.608. The van der Waals surface area contributed by atoms with Crippen molar-refractivity contribution in [2.24, 2.45) is 0 Å². The molecule has 0 bridgehead atoms. The first-order chi connectivity index (χ1) is 9.74. The lowest BCUT2D eigenvalue weighted by atomic mass is 10.0. The Hall–Kier alpha value is -1.93. The second kappa shape index (κ2) is 5.59. The van der Waals surface area contributed by atoms with Gasteiger partial charge in [-0.05, 0) is 23.1 Å². The van der Waals surface area contributed by atoms with Gasteiger partial charge in [0.1, 0.15) is 5.01 Å². The van der Waals surface area contributed by atoms with Gasteiger partial charge in [-0.25, -0.2) is 4.98 Å². The van der Waals surface area contributed by atoms with Gasteiger partial charge in [0.15, 0.2) is 0 Å². The third-order valence-electron chi connectivity index (χ3n) is 3.36. The van der Waals surface area contributed by atoms with E-state index in [-0.39, 0.29) is 0 Å². The predicted molar refractivity (Wildman–Crippen MR) is 87.1 cm³/mol. The summed E-state index contributed by atoms with van der Waals surface area (Å²) < 4.78 is 0. The molecule has 0 saturated carbocycles. The van der Waals surface area contributed by atoms with Crippen LogP contribution in [0.15, 0.2) is 60.8 Å². The Morgan fingerprint density at radius 2 is 1.65 bits per heavy atom. The maximum Gasteiger partial charge on any atom is 0.123 e. The fourth-order valence-electron chi connectivity index (χ4n) is 2.17. The van der Waals surface area contributed by atoms with Crippen molar-refractivity contribution in [1.82, 2.24) is 4.98 Å². The third-order valence-corrected chi connectivity index (χ3v) is 4.46. The Balaban J connectivity index is 1.96. The van der Waals surface area contributed by atoms with E-state index in [1.807, 2.05) is 12.3 Å². The zero-order valence-corrected chi connectivity index (χ0v) is 12.5. The molecule has 100 valence electrons. The number of hydrogen-bond donors (Lipinski definition) is 0. The Bertz CT molecular complexity index is 698. The topological polar surface area (TPSA) is 12.9 Å². The molecular formula is C18H17NS. The van der Waals surface area contributed by atoms with Gasteiger partial charge in [-0.3, -0.25) is 0 Å². The van der Waals surface area contributed by atoms with E-state index in [4.69, 9.17) is 0 Å². The van der Waals surface area contributed by atoms with Crippen LogP contribution >= 0.6 is 11.3 Å².